The maximum Gasteiger partial charge on any atom is -0.0111 e. The molecule has 0 fully saturated rings. The molecule has 0 heterocycles. The lowest BCUT2D eigenvalue weighted by Crippen LogP contribution is -1.89. The van der Waals surface area contributed by atoms with Crippen LogP contribution in [-0.4, -0.2) is 0 Å². The Bertz CT molecular complexity index is 218. The first-order valence-corrected chi connectivity index (χ1v) is 6.01. The zero-order valence-corrected chi connectivity index (χ0v) is 10.7. The average Bonchev–Trinajstić information content (AvgIpc) is 2.12. The minimum atomic E-state index is 0.834. The van der Waals surface area contributed by atoms with E-state index in [1.807, 2.05) is 6.08 Å². The second-order valence-corrected chi connectivity index (χ2v) is 4.82. The molecule has 0 N–H and O–H groups in total. The van der Waals surface area contributed by atoms with E-state index in [-0.39, 0.29) is 0 Å². The van der Waals surface area contributed by atoms with Gasteiger partial charge in [-0.15, -0.1) is 0 Å². The lowest BCUT2D eigenvalue weighted by Gasteiger charge is -2.07. The van der Waals surface area contributed by atoms with Gasteiger partial charge < -0.3 is 0 Å². The highest BCUT2D eigenvalue weighted by Gasteiger charge is 1.98. The van der Waals surface area contributed by atoms with Crippen molar-refractivity contribution in [1.29, 1.82) is 0 Å². The van der Waals surface area contributed by atoms with Gasteiger partial charge >= 0.3 is 0 Å². The van der Waals surface area contributed by atoms with E-state index in [0.717, 1.165) is 12.3 Å². The van der Waals surface area contributed by atoms with Crippen LogP contribution in [0.5, 0.6) is 0 Å². The molecule has 0 rings (SSSR count). The minimum absolute atomic E-state index is 0.834. The third kappa shape index (κ3) is 9.52. The minimum Gasteiger partial charge on any atom is -0.0995 e. The number of hydrogen-bond donors (Lipinski definition) is 0. The lowest BCUT2D eigenvalue weighted by atomic mass is 9.99. The van der Waals surface area contributed by atoms with Gasteiger partial charge in [-0.3, -0.25) is 0 Å². The van der Waals surface area contributed by atoms with E-state index in [4.69, 9.17) is 0 Å². The molecule has 0 heteroatoms. The smallest absolute Gasteiger partial charge is 0.0111 e. The molecule has 0 aliphatic rings. The summed E-state index contributed by atoms with van der Waals surface area (Å²) in [6.45, 7) is 14.5. The molecule has 0 saturated carbocycles. The van der Waals surface area contributed by atoms with E-state index in [1.165, 1.54) is 36.8 Å². The third-order valence-corrected chi connectivity index (χ3v) is 2.49. The molecule has 0 saturated heterocycles. The van der Waals surface area contributed by atoms with E-state index < -0.39 is 0 Å². The Hall–Kier alpha value is -0.780. The molecule has 0 unspecified atom stereocenters. The van der Waals surface area contributed by atoms with Crippen LogP contribution in [0, 0.1) is 5.92 Å². The lowest BCUT2D eigenvalue weighted by molar-refractivity contribution is 0.536. The van der Waals surface area contributed by atoms with Crippen LogP contribution in [0.1, 0.15) is 52.9 Å². The first-order valence-electron chi connectivity index (χ1n) is 6.01. The molecule has 0 aliphatic heterocycles. The standard InChI is InChI=1S/C15H26/c1-6-9-14(4)12-15(5)11-8-7-10-13(2)3/h6,9,13H,1,5,7-8,10-12H2,2-4H3. The molecule has 0 nitrogen and oxygen atoms in total. The molecule has 0 aliphatic carbocycles. The summed E-state index contributed by atoms with van der Waals surface area (Å²) in [5, 5.41) is 0. The Morgan fingerprint density at radius 3 is 2.47 bits per heavy atom. The van der Waals surface area contributed by atoms with Gasteiger partial charge in [-0.25, -0.2) is 0 Å². The topological polar surface area (TPSA) is 0 Å². The Balaban J connectivity index is 3.58. The summed E-state index contributed by atoms with van der Waals surface area (Å²) in [6, 6.07) is 0. The van der Waals surface area contributed by atoms with Crippen LogP contribution in [-0.2, 0) is 0 Å². The predicted octanol–water partition coefficient (Wildman–Crippen LogP) is 5.28. The predicted molar refractivity (Wildman–Crippen MR) is 71.0 cm³/mol. The largest absolute Gasteiger partial charge is 0.0995 e. The van der Waals surface area contributed by atoms with Crippen molar-refractivity contribution in [2.75, 3.05) is 0 Å². The van der Waals surface area contributed by atoms with Gasteiger partial charge in [-0.2, -0.15) is 0 Å². The first-order chi connectivity index (χ1) is 7.06. The van der Waals surface area contributed by atoms with Crippen LogP contribution in [0.2, 0.25) is 0 Å². The molecule has 0 aromatic heterocycles. The number of hydrogen-bond acceptors (Lipinski definition) is 0. The van der Waals surface area contributed by atoms with Gasteiger partial charge in [0.05, 0.1) is 0 Å². The van der Waals surface area contributed by atoms with Crippen molar-refractivity contribution >= 4 is 0 Å². The van der Waals surface area contributed by atoms with Crippen molar-refractivity contribution in [3.05, 3.63) is 36.5 Å². The monoisotopic (exact) mass is 206 g/mol. The molecule has 0 bridgehead atoms. The summed E-state index contributed by atoms with van der Waals surface area (Å²) in [6.07, 6.45) is 10.1. The molecule has 15 heavy (non-hydrogen) atoms. The second kappa shape index (κ2) is 8.52. The van der Waals surface area contributed by atoms with Crippen LogP contribution in [0.25, 0.3) is 0 Å². The normalized spacial score (nSPS) is 11.9. The van der Waals surface area contributed by atoms with Gasteiger partial charge in [0.15, 0.2) is 0 Å². The summed E-state index contributed by atoms with van der Waals surface area (Å²) in [4.78, 5) is 0. The van der Waals surface area contributed by atoms with Crippen molar-refractivity contribution < 1.29 is 0 Å². The molecular weight excluding hydrogens is 180 g/mol. The van der Waals surface area contributed by atoms with E-state index in [2.05, 4.69) is 40.0 Å². The van der Waals surface area contributed by atoms with Crippen LogP contribution < -0.4 is 0 Å². The molecule has 86 valence electrons. The summed E-state index contributed by atoms with van der Waals surface area (Å²) in [7, 11) is 0. The summed E-state index contributed by atoms with van der Waals surface area (Å²) < 4.78 is 0. The van der Waals surface area contributed by atoms with Crippen molar-refractivity contribution in [2.24, 2.45) is 5.92 Å². The summed E-state index contributed by atoms with van der Waals surface area (Å²) in [5.74, 6) is 0.834. The molecule has 0 amide bonds. The summed E-state index contributed by atoms with van der Waals surface area (Å²) >= 11 is 0. The summed E-state index contributed by atoms with van der Waals surface area (Å²) in [5.41, 5.74) is 2.72. The van der Waals surface area contributed by atoms with Gasteiger partial charge in [0.25, 0.3) is 0 Å². The van der Waals surface area contributed by atoms with E-state index in [1.54, 1.807) is 0 Å². The molecule has 0 radical (unpaired) electrons. The molecule has 0 aromatic carbocycles. The fourth-order valence-corrected chi connectivity index (χ4v) is 1.67. The van der Waals surface area contributed by atoms with Crippen molar-refractivity contribution in [1.82, 2.24) is 0 Å². The first kappa shape index (κ1) is 14.2. The van der Waals surface area contributed by atoms with Gasteiger partial charge in [0.1, 0.15) is 0 Å². The third-order valence-electron chi connectivity index (χ3n) is 2.49. The molecule has 0 spiro atoms. The highest BCUT2D eigenvalue weighted by molar-refractivity contribution is 5.15. The number of allylic oxidation sites excluding steroid dienone is 4. The molecular formula is C15H26. The van der Waals surface area contributed by atoms with E-state index >= 15 is 0 Å². The van der Waals surface area contributed by atoms with Gasteiger partial charge in [-0.1, -0.05) is 63.1 Å². The second-order valence-electron chi connectivity index (χ2n) is 4.82. The number of unbranched alkanes of at least 4 members (excludes halogenated alkanes) is 1. The van der Waals surface area contributed by atoms with Crippen LogP contribution >= 0.6 is 0 Å². The van der Waals surface area contributed by atoms with Crippen LogP contribution in [0.15, 0.2) is 36.5 Å². The van der Waals surface area contributed by atoms with Crippen molar-refractivity contribution in [3.8, 4) is 0 Å². The van der Waals surface area contributed by atoms with Crippen molar-refractivity contribution in [3.63, 3.8) is 0 Å². The Morgan fingerprint density at radius 1 is 1.27 bits per heavy atom. The SMILES string of the molecule is C=CC=C(C)CC(=C)CCCCC(C)C. The van der Waals surface area contributed by atoms with Gasteiger partial charge in [0.2, 0.25) is 0 Å². The van der Waals surface area contributed by atoms with Crippen LogP contribution in [0.4, 0.5) is 0 Å². The van der Waals surface area contributed by atoms with Gasteiger partial charge in [0, 0.05) is 0 Å². The quantitative estimate of drug-likeness (QED) is 0.288. The molecule has 0 aromatic rings. The van der Waals surface area contributed by atoms with E-state index in [9.17, 15) is 0 Å². The zero-order valence-electron chi connectivity index (χ0n) is 10.7. The zero-order chi connectivity index (χ0) is 11.7. The van der Waals surface area contributed by atoms with Crippen LogP contribution in [0.3, 0.4) is 0 Å². The maximum absolute atomic E-state index is 4.12. The number of rotatable bonds is 8. The Kier molecular flexibility index (Phi) is 8.08. The maximum atomic E-state index is 4.12. The fourth-order valence-electron chi connectivity index (χ4n) is 1.67. The fraction of sp³-hybridized carbons (Fsp3) is 0.600. The van der Waals surface area contributed by atoms with Crippen molar-refractivity contribution in [2.45, 2.75) is 52.9 Å². The van der Waals surface area contributed by atoms with E-state index in [0.29, 0.717) is 0 Å². The highest BCUT2D eigenvalue weighted by Crippen LogP contribution is 2.17. The Morgan fingerprint density at radius 2 is 1.93 bits per heavy atom. The average molecular weight is 206 g/mol. The Labute approximate surface area is 95.8 Å². The molecule has 0 atom stereocenters. The van der Waals surface area contributed by atoms with Gasteiger partial charge in [-0.05, 0) is 32.1 Å². The highest BCUT2D eigenvalue weighted by atomic mass is 14.0.